The number of rotatable bonds is 2. The maximum Gasteiger partial charge on any atom is 2.00 e. The molecule has 134 valence electrons. The third-order valence-electron chi connectivity index (χ3n) is 4.03. The second-order valence-electron chi connectivity index (χ2n) is 5.96. The molecule has 0 saturated heterocycles. The molecule has 2 saturated carbocycles. The zero-order chi connectivity index (χ0) is 17.8. The summed E-state index contributed by atoms with van der Waals surface area (Å²) in [5, 5.41) is 14.1. The van der Waals surface area contributed by atoms with Crippen LogP contribution in [0.25, 0.3) is 11.4 Å². The standard InChI is InChI=1S/C16H13N4S.C5H5.Fe/c1-11-6-8-13(9-7-11)15-17-18-16-20(15)19-14(10-21-16)12-4-2-3-5-12;1-2-4-5-3-1;/h2-9H,10H2,1H3;1-5H;/q;;+2. The van der Waals surface area contributed by atoms with E-state index in [4.69, 9.17) is 5.10 Å². The molecule has 0 unspecified atom stereocenters. The van der Waals surface area contributed by atoms with Crippen LogP contribution in [0.1, 0.15) is 5.56 Å². The molecule has 5 rings (SSSR count). The summed E-state index contributed by atoms with van der Waals surface area (Å²) in [6.07, 6.45) is 18.2. The van der Waals surface area contributed by atoms with Gasteiger partial charge in [0.1, 0.15) is 0 Å². The Balaban J connectivity index is 0.000000306. The van der Waals surface area contributed by atoms with Crippen LogP contribution in [0.4, 0.5) is 0 Å². The average Bonchev–Trinajstić information content (AvgIpc) is 3.44. The Kier molecular flexibility index (Phi) is 7.57. The second kappa shape index (κ2) is 9.90. The molecule has 2 fully saturated rings. The fourth-order valence-corrected chi connectivity index (χ4v) is 3.48. The topological polar surface area (TPSA) is 43.1 Å². The van der Waals surface area contributed by atoms with E-state index in [0.29, 0.717) is 0 Å². The Labute approximate surface area is 177 Å². The quantitative estimate of drug-likeness (QED) is 0.699. The van der Waals surface area contributed by atoms with Crippen LogP contribution in [-0.4, -0.2) is 26.3 Å². The van der Waals surface area contributed by atoms with Gasteiger partial charge in [0, 0.05) is 17.2 Å². The molecular weight excluding hydrogens is 396 g/mol. The SMILES string of the molecule is Cc1ccc(-c2nnc3n2N=C([C]2[CH][CH][CH][CH]2)CS3)cc1.[CH]1[CH][CH][CH][CH]1.[Fe+2]. The predicted molar refractivity (Wildman–Crippen MR) is 106 cm³/mol. The van der Waals surface area contributed by atoms with E-state index in [0.717, 1.165) is 33.9 Å². The van der Waals surface area contributed by atoms with E-state index in [2.05, 4.69) is 54.2 Å². The van der Waals surface area contributed by atoms with E-state index in [9.17, 15) is 0 Å². The first-order valence-corrected chi connectivity index (χ1v) is 9.42. The molecule has 4 nitrogen and oxygen atoms in total. The number of thioether (sulfide) groups is 1. The third kappa shape index (κ3) is 5.04. The number of aryl methyl sites for hydroxylation is 1. The van der Waals surface area contributed by atoms with Crippen molar-refractivity contribution < 1.29 is 17.1 Å². The number of benzene rings is 1. The predicted octanol–water partition coefficient (Wildman–Crippen LogP) is 3.99. The number of nitrogens with zero attached hydrogens (tertiary/aromatic N) is 4. The summed E-state index contributed by atoms with van der Waals surface area (Å²) in [5.74, 6) is 2.79. The van der Waals surface area contributed by atoms with Gasteiger partial charge in [0.05, 0.1) is 5.71 Å². The van der Waals surface area contributed by atoms with Crippen LogP contribution in [0.3, 0.4) is 0 Å². The first-order chi connectivity index (χ1) is 12.8. The molecule has 2 heterocycles. The molecule has 0 spiro atoms. The Morgan fingerprint density at radius 2 is 1.48 bits per heavy atom. The third-order valence-corrected chi connectivity index (χ3v) is 4.96. The van der Waals surface area contributed by atoms with Gasteiger partial charge in [-0.3, -0.25) is 0 Å². The van der Waals surface area contributed by atoms with Gasteiger partial charge in [0.15, 0.2) is 5.82 Å². The van der Waals surface area contributed by atoms with Crippen molar-refractivity contribution in [1.82, 2.24) is 14.9 Å². The van der Waals surface area contributed by atoms with Crippen molar-refractivity contribution in [3.63, 3.8) is 0 Å². The van der Waals surface area contributed by atoms with Crippen LogP contribution in [0.2, 0.25) is 0 Å². The molecule has 2 aromatic rings. The summed E-state index contributed by atoms with van der Waals surface area (Å²) in [6.45, 7) is 2.07. The Morgan fingerprint density at radius 3 is 2.11 bits per heavy atom. The van der Waals surface area contributed by atoms with Crippen molar-refractivity contribution in [3.8, 4) is 11.4 Å². The van der Waals surface area contributed by atoms with Gasteiger partial charge in [-0.1, -0.05) is 41.6 Å². The van der Waals surface area contributed by atoms with Crippen LogP contribution in [0.5, 0.6) is 0 Å². The molecule has 27 heavy (non-hydrogen) atoms. The molecule has 1 aromatic carbocycles. The molecule has 0 amide bonds. The molecule has 6 heteroatoms. The van der Waals surface area contributed by atoms with Crippen LogP contribution in [-0.2, 0) is 17.1 Å². The summed E-state index contributed by atoms with van der Waals surface area (Å²) in [6, 6.07) is 8.27. The number of hydrogen-bond donors (Lipinski definition) is 0. The molecule has 0 atom stereocenters. The van der Waals surface area contributed by atoms with Gasteiger partial charge in [-0.25, -0.2) is 0 Å². The summed E-state index contributed by atoms with van der Waals surface area (Å²) in [7, 11) is 0. The summed E-state index contributed by atoms with van der Waals surface area (Å²) < 4.78 is 1.85. The summed E-state index contributed by atoms with van der Waals surface area (Å²) in [5.41, 5.74) is 3.32. The fourth-order valence-electron chi connectivity index (χ4n) is 2.64. The zero-order valence-corrected chi connectivity index (χ0v) is 16.7. The van der Waals surface area contributed by atoms with Gasteiger partial charge in [0.2, 0.25) is 5.16 Å². The second-order valence-corrected chi connectivity index (χ2v) is 6.90. The monoisotopic (exact) mass is 414 g/mol. The van der Waals surface area contributed by atoms with Crippen LogP contribution < -0.4 is 0 Å². The van der Waals surface area contributed by atoms with Gasteiger partial charge in [-0.05, 0) is 64.7 Å². The maximum absolute atomic E-state index is 4.73. The zero-order valence-electron chi connectivity index (χ0n) is 14.8. The first kappa shape index (κ1) is 20.6. The minimum atomic E-state index is 0. The smallest absolute Gasteiger partial charge is 0.187 e. The number of fused-ring (bicyclic) bond motifs is 1. The molecule has 2 aliphatic carbocycles. The van der Waals surface area contributed by atoms with Gasteiger partial charge < -0.3 is 0 Å². The van der Waals surface area contributed by atoms with E-state index in [1.54, 1.807) is 11.8 Å². The van der Waals surface area contributed by atoms with Gasteiger partial charge in [-0.2, -0.15) is 9.78 Å². The van der Waals surface area contributed by atoms with Crippen LogP contribution in [0, 0.1) is 70.6 Å². The molecule has 3 aliphatic rings. The van der Waals surface area contributed by atoms with E-state index < -0.39 is 0 Å². The minimum Gasteiger partial charge on any atom is -0.187 e. The average molecular weight is 414 g/mol. The number of aromatic nitrogens is 3. The molecule has 10 radical (unpaired) electrons. The van der Waals surface area contributed by atoms with E-state index >= 15 is 0 Å². The van der Waals surface area contributed by atoms with Crippen LogP contribution in [0.15, 0.2) is 34.5 Å². The molecule has 1 aliphatic heterocycles. The van der Waals surface area contributed by atoms with E-state index in [-0.39, 0.29) is 17.1 Å². The van der Waals surface area contributed by atoms with Gasteiger partial charge in [0.25, 0.3) is 0 Å². The Bertz CT molecular complexity index is 751. The van der Waals surface area contributed by atoms with E-state index in [1.807, 2.05) is 49.6 Å². The molecule has 1 aromatic heterocycles. The van der Waals surface area contributed by atoms with Crippen molar-refractivity contribution in [2.75, 3.05) is 5.75 Å². The normalized spacial score (nSPS) is 18.9. The first-order valence-electron chi connectivity index (χ1n) is 8.43. The van der Waals surface area contributed by atoms with Crippen molar-refractivity contribution in [3.05, 3.63) is 93.5 Å². The Hall–Kier alpha value is -1.10. The van der Waals surface area contributed by atoms with E-state index in [1.165, 1.54) is 5.56 Å². The van der Waals surface area contributed by atoms with Crippen molar-refractivity contribution in [2.24, 2.45) is 5.10 Å². The molecular formula is C21H18FeN4S+2. The van der Waals surface area contributed by atoms with Crippen LogP contribution >= 0.6 is 11.8 Å². The van der Waals surface area contributed by atoms with Gasteiger partial charge in [-0.15, -0.1) is 10.2 Å². The summed E-state index contributed by atoms with van der Waals surface area (Å²) >= 11 is 1.67. The maximum atomic E-state index is 4.73. The minimum absolute atomic E-state index is 0. The Morgan fingerprint density at radius 1 is 0.852 bits per heavy atom. The fraction of sp³-hybridized carbons (Fsp3) is 0.0952. The van der Waals surface area contributed by atoms with Crippen molar-refractivity contribution in [2.45, 2.75) is 12.1 Å². The molecule has 0 bridgehead atoms. The largest absolute Gasteiger partial charge is 2.00 e. The summed E-state index contributed by atoms with van der Waals surface area (Å²) in [4.78, 5) is 0. The van der Waals surface area contributed by atoms with Gasteiger partial charge >= 0.3 is 17.1 Å². The number of hydrogen-bond acceptors (Lipinski definition) is 4. The van der Waals surface area contributed by atoms with Crippen molar-refractivity contribution in [1.29, 1.82) is 0 Å². The van der Waals surface area contributed by atoms with Crippen molar-refractivity contribution >= 4 is 17.5 Å². The molecule has 0 N–H and O–H groups in total.